The Morgan fingerprint density at radius 3 is 2.42 bits per heavy atom. The van der Waals surface area contributed by atoms with Crippen LogP contribution in [0.4, 0.5) is 17.1 Å². The Labute approximate surface area is 136 Å². The number of non-ortho nitro benzene ring substituents is 1. The molecule has 0 heterocycles. The molecule has 0 spiro atoms. The highest BCUT2D eigenvalue weighted by Gasteiger charge is 2.21. The number of hydrogen-bond acceptors (Lipinski definition) is 7. The van der Waals surface area contributed by atoms with Gasteiger partial charge in [0.25, 0.3) is 11.4 Å². The molecule has 0 aliphatic carbocycles. The van der Waals surface area contributed by atoms with Gasteiger partial charge in [-0.2, -0.15) is 0 Å². The highest BCUT2D eigenvalue weighted by molar-refractivity contribution is 5.66. The number of ether oxygens (including phenoxy) is 1. The molecule has 0 saturated carbocycles. The minimum absolute atomic E-state index is 0.000338. The van der Waals surface area contributed by atoms with Gasteiger partial charge < -0.3 is 15.2 Å². The van der Waals surface area contributed by atoms with E-state index in [-0.39, 0.29) is 17.1 Å². The summed E-state index contributed by atoms with van der Waals surface area (Å²) in [5.41, 5.74) is -0.204. The fourth-order valence-corrected chi connectivity index (χ4v) is 2.22. The Bertz CT molecular complexity index is 793. The molecule has 2 aromatic carbocycles. The highest BCUT2D eigenvalue weighted by Crippen LogP contribution is 2.34. The van der Waals surface area contributed by atoms with E-state index >= 15 is 0 Å². The van der Waals surface area contributed by atoms with Crippen LogP contribution in [-0.4, -0.2) is 22.1 Å². The van der Waals surface area contributed by atoms with Crippen molar-refractivity contribution < 1.29 is 19.7 Å². The number of hydrogen-bond donors (Lipinski definition) is 2. The molecule has 0 aliphatic heterocycles. The Balaban J connectivity index is 2.36. The number of nitro benzene ring substituents is 2. The molecule has 0 fully saturated rings. The van der Waals surface area contributed by atoms with Crippen LogP contribution in [0, 0.1) is 20.2 Å². The lowest BCUT2D eigenvalue weighted by Gasteiger charge is -2.17. The first-order valence-corrected chi connectivity index (χ1v) is 6.89. The van der Waals surface area contributed by atoms with Crippen molar-refractivity contribution in [3.63, 3.8) is 0 Å². The van der Waals surface area contributed by atoms with Crippen LogP contribution >= 0.6 is 0 Å². The standard InChI is InChI=1S/C15H15N3O6/c1-9(12-8-11(24-2)4-6-15(12)19)16-13-5-3-10(17(20)21)7-14(13)18(22)23/h3-9,16,19H,1-2H3. The van der Waals surface area contributed by atoms with Gasteiger partial charge in [0.15, 0.2) is 0 Å². The SMILES string of the molecule is COc1ccc(O)c(C(C)Nc2ccc([N+](=O)[O-])cc2[N+](=O)[O-])c1. The summed E-state index contributed by atoms with van der Waals surface area (Å²) in [4.78, 5) is 20.5. The summed E-state index contributed by atoms with van der Waals surface area (Å²) in [7, 11) is 1.48. The van der Waals surface area contributed by atoms with Gasteiger partial charge in [-0.3, -0.25) is 20.2 Å². The van der Waals surface area contributed by atoms with Gasteiger partial charge in [-0.1, -0.05) is 0 Å². The molecular weight excluding hydrogens is 318 g/mol. The van der Waals surface area contributed by atoms with Crippen LogP contribution in [-0.2, 0) is 0 Å². The molecule has 9 heteroatoms. The summed E-state index contributed by atoms with van der Waals surface area (Å²) in [5, 5.41) is 34.8. The lowest BCUT2D eigenvalue weighted by atomic mass is 10.1. The Kier molecular flexibility index (Phi) is 4.83. The second kappa shape index (κ2) is 6.82. The summed E-state index contributed by atoms with van der Waals surface area (Å²) in [6, 6.07) is 7.47. The van der Waals surface area contributed by atoms with Crippen molar-refractivity contribution in [1.82, 2.24) is 0 Å². The molecule has 24 heavy (non-hydrogen) atoms. The van der Waals surface area contributed by atoms with Gasteiger partial charge in [-0.05, 0) is 31.2 Å². The van der Waals surface area contributed by atoms with Crippen molar-refractivity contribution in [1.29, 1.82) is 0 Å². The van der Waals surface area contributed by atoms with Crippen LogP contribution in [0.5, 0.6) is 11.5 Å². The van der Waals surface area contributed by atoms with Gasteiger partial charge in [0.2, 0.25) is 0 Å². The van der Waals surface area contributed by atoms with Gasteiger partial charge in [0, 0.05) is 11.6 Å². The van der Waals surface area contributed by atoms with Crippen LogP contribution in [0.2, 0.25) is 0 Å². The molecule has 1 unspecified atom stereocenters. The van der Waals surface area contributed by atoms with Crippen LogP contribution in [0.25, 0.3) is 0 Å². The van der Waals surface area contributed by atoms with E-state index in [1.54, 1.807) is 19.1 Å². The van der Waals surface area contributed by atoms with E-state index in [0.717, 1.165) is 6.07 Å². The van der Waals surface area contributed by atoms with E-state index < -0.39 is 21.6 Å². The van der Waals surface area contributed by atoms with Crippen molar-refractivity contribution >= 4 is 17.1 Å². The first kappa shape index (κ1) is 17.0. The van der Waals surface area contributed by atoms with Crippen molar-refractivity contribution in [3.8, 4) is 11.5 Å². The number of nitrogens with one attached hydrogen (secondary N) is 1. The number of methoxy groups -OCH3 is 1. The molecule has 9 nitrogen and oxygen atoms in total. The van der Waals surface area contributed by atoms with E-state index in [9.17, 15) is 25.3 Å². The average molecular weight is 333 g/mol. The molecule has 0 amide bonds. The van der Waals surface area contributed by atoms with E-state index in [4.69, 9.17) is 4.74 Å². The molecule has 0 radical (unpaired) electrons. The number of phenolic OH excluding ortho intramolecular Hbond substituents is 1. The van der Waals surface area contributed by atoms with E-state index in [1.807, 2.05) is 0 Å². The maximum absolute atomic E-state index is 11.2. The zero-order valence-electron chi connectivity index (χ0n) is 12.9. The predicted octanol–water partition coefficient (Wildman–Crippen LogP) is 3.39. The molecule has 2 rings (SSSR count). The van der Waals surface area contributed by atoms with Crippen molar-refractivity contribution in [2.45, 2.75) is 13.0 Å². The number of phenols is 1. The molecule has 126 valence electrons. The van der Waals surface area contributed by atoms with Crippen LogP contribution in [0.15, 0.2) is 36.4 Å². The van der Waals surface area contributed by atoms with Gasteiger partial charge >= 0.3 is 0 Å². The Morgan fingerprint density at radius 1 is 1.12 bits per heavy atom. The smallest absolute Gasteiger partial charge is 0.299 e. The van der Waals surface area contributed by atoms with Crippen molar-refractivity contribution in [2.75, 3.05) is 12.4 Å². The average Bonchev–Trinajstić information content (AvgIpc) is 2.55. The predicted molar refractivity (Wildman–Crippen MR) is 86.4 cm³/mol. The molecule has 1 atom stereocenters. The largest absolute Gasteiger partial charge is 0.508 e. The summed E-state index contributed by atoms with van der Waals surface area (Å²) in [6.45, 7) is 1.69. The summed E-state index contributed by atoms with van der Waals surface area (Å²) in [6.07, 6.45) is 0. The van der Waals surface area contributed by atoms with E-state index in [0.29, 0.717) is 11.3 Å². The van der Waals surface area contributed by atoms with Gasteiger partial charge in [-0.15, -0.1) is 0 Å². The van der Waals surface area contributed by atoms with Gasteiger partial charge in [0.05, 0.1) is 29.1 Å². The first-order valence-electron chi connectivity index (χ1n) is 6.89. The number of nitro groups is 2. The van der Waals surface area contributed by atoms with Gasteiger partial charge in [-0.25, -0.2) is 0 Å². The fourth-order valence-electron chi connectivity index (χ4n) is 2.22. The topological polar surface area (TPSA) is 128 Å². The number of anilines is 1. The number of aromatic hydroxyl groups is 1. The first-order chi connectivity index (χ1) is 11.3. The van der Waals surface area contributed by atoms with E-state index in [1.165, 1.54) is 25.3 Å². The molecule has 2 aromatic rings. The molecule has 0 aliphatic rings. The van der Waals surface area contributed by atoms with Crippen molar-refractivity contribution in [3.05, 3.63) is 62.2 Å². The lowest BCUT2D eigenvalue weighted by Crippen LogP contribution is -2.09. The van der Waals surface area contributed by atoms with Gasteiger partial charge in [0.1, 0.15) is 17.2 Å². The maximum atomic E-state index is 11.2. The zero-order valence-corrected chi connectivity index (χ0v) is 12.9. The molecule has 0 saturated heterocycles. The third-order valence-corrected chi connectivity index (χ3v) is 3.46. The van der Waals surface area contributed by atoms with Crippen molar-refractivity contribution in [2.24, 2.45) is 0 Å². The molecule has 0 aromatic heterocycles. The monoisotopic (exact) mass is 333 g/mol. The highest BCUT2D eigenvalue weighted by atomic mass is 16.6. The second-order valence-electron chi connectivity index (χ2n) is 5.01. The summed E-state index contributed by atoms with van der Waals surface area (Å²) < 4.78 is 5.09. The third kappa shape index (κ3) is 3.51. The van der Waals surface area contributed by atoms with Crippen LogP contribution < -0.4 is 10.1 Å². The van der Waals surface area contributed by atoms with Crippen LogP contribution in [0.1, 0.15) is 18.5 Å². The second-order valence-corrected chi connectivity index (χ2v) is 5.01. The molecule has 2 N–H and O–H groups in total. The lowest BCUT2D eigenvalue weighted by molar-refractivity contribution is -0.393. The fraction of sp³-hybridized carbons (Fsp3) is 0.200. The normalized spacial score (nSPS) is 11.6. The molecule has 0 bridgehead atoms. The quantitative estimate of drug-likeness (QED) is 0.612. The summed E-state index contributed by atoms with van der Waals surface area (Å²) in [5.74, 6) is 0.523. The Hall–Kier alpha value is -3.36. The number of rotatable bonds is 6. The summed E-state index contributed by atoms with van der Waals surface area (Å²) >= 11 is 0. The zero-order chi connectivity index (χ0) is 17.9. The third-order valence-electron chi connectivity index (χ3n) is 3.46. The number of benzene rings is 2. The Morgan fingerprint density at radius 2 is 1.83 bits per heavy atom. The maximum Gasteiger partial charge on any atom is 0.299 e. The minimum Gasteiger partial charge on any atom is -0.508 e. The van der Waals surface area contributed by atoms with Crippen LogP contribution in [0.3, 0.4) is 0 Å². The minimum atomic E-state index is -0.701. The molecular formula is C15H15N3O6. The number of nitrogens with zero attached hydrogens (tertiary/aromatic N) is 2. The van der Waals surface area contributed by atoms with E-state index in [2.05, 4.69) is 5.32 Å².